The lowest BCUT2D eigenvalue weighted by molar-refractivity contribution is 0.777. The van der Waals surface area contributed by atoms with Crippen LogP contribution in [0.1, 0.15) is 17.7 Å². The topological polar surface area (TPSA) is 56.7 Å². The molecule has 0 saturated heterocycles. The van der Waals surface area contributed by atoms with Crippen molar-refractivity contribution in [2.24, 2.45) is 5.73 Å². The van der Waals surface area contributed by atoms with Crippen LogP contribution in [0.5, 0.6) is 0 Å². The van der Waals surface area contributed by atoms with E-state index in [1.807, 2.05) is 25.3 Å². The Kier molecular flexibility index (Phi) is 4.37. The Hall–Kier alpha value is -0.910. The van der Waals surface area contributed by atoms with E-state index < -0.39 is 0 Å². The molecule has 0 bridgehead atoms. The number of aromatic nitrogens is 3. The highest BCUT2D eigenvalue weighted by Crippen LogP contribution is 2.27. The van der Waals surface area contributed by atoms with Gasteiger partial charge in [0.1, 0.15) is 0 Å². The first-order chi connectivity index (χ1) is 8.61. The van der Waals surface area contributed by atoms with E-state index in [0.717, 1.165) is 34.3 Å². The van der Waals surface area contributed by atoms with Crippen LogP contribution in [-0.2, 0) is 6.42 Å². The first-order valence-corrected chi connectivity index (χ1v) is 6.86. The van der Waals surface area contributed by atoms with E-state index in [4.69, 9.17) is 17.3 Å². The molecule has 0 saturated carbocycles. The minimum atomic E-state index is 0.660. The van der Waals surface area contributed by atoms with Gasteiger partial charge in [-0.05, 0) is 59.9 Å². The van der Waals surface area contributed by atoms with E-state index in [1.165, 1.54) is 0 Å². The molecular weight excluding hydrogens is 316 g/mol. The van der Waals surface area contributed by atoms with E-state index in [-0.39, 0.29) is 0 Å². The minimum absolute atomic E-state index is 0.660. The molecule has 0 atom stereocenters. The zero-order valence-corrected chi connectivity index (χ0v) is 12.4. The highest BCUT2D eigenvalue weighted by molar-refractivity contribution is 9.10. The summed E-state index contributed by atoms with van der Waals surface area (Å²) in [6.45, 7) is 2.62. The maximum atomic E-state index is 6.13. The van der Waals surface area contributed by atoms with Gasteiger partial charge in [0.15, 0.2) is 0 Å². The molecule has 18 heavy (non-hydrogen) atoms. The van der Waals surface area contributed by atoms with Crippen molar-refractivity contribution in [1.82, 2.24) is 15.0 Å². The molecule has 1 aromatic carbocycles. The summed E-state index contributed by atoms with van der Waals surface area (Å²) in [7, 11) is 0. The van der Waals surface area contributed by atoms with Gasteiger partial charge in [0.2, 0.25) is 0 Å². The number of benzene rings is 1. The molecule has 0 aliphatic carbocycles. The second kappa shape index (κ2) is 5.82. The van der Waals surface area contributed by atoms with Crippen molar-refractivity contribution >= 4 is 27.5 Å². The molecule has 1 aromatic heterocycles. The Morgan fingerprint density at radius 3 is 2.94 bits per heavy atom. The van der Waals surface area contributed by atoms with Crippen LogP contribution in [0.25, 0.3) is 5.69 Å². The third-order valence-corrected chi connectivity index (χ3v) is 3.70. The van der Waals surface area contributed by atoms with Crippen molar-refractivity contribution < 1.29 is 0 Å². The van der Waals surface area contributed by atoms with Crippen LogP contribution in [0.2, 0.25) is 5.02 Å². The summed E-state index contributed by atoms with van der Waals surface area (Å²) in [5.74, 6) is 0. The Balaban J connectivity index is 2.31. The van der Waals surface area contributed by atoms with Crippen LogP contribution >= 0.6 is 27.5 Å². The maximum Gasteiger partial charge on any atom is 0.0832 e. The largest absolute Gasteiger partial charge is 0.330 e. The smallest absolute Gasteiger partial charge is 0.0832 e. The van der Waals surface area contributed by atoms with Gasteiger partial charge in [-0.1, -0.05) is 16.8 Å². The maximum absolute atomic E-state index is 6.13. The Morgan fingerprint density at radius 1 is 1.44 bits per heavy atom. The van der Waals surface area contributed by atoms with Crippen LogP contribution < -0.4 is 5.73 Å². The van der Waals surface area contributed by atoms with Crippen LogP contribution in [0.15, 0.2) is 22.8 Å². The molecule has 2 N–H and O–H groups in total. The molecule has 0 fully saturated rings. The summed E-state index contributed by atoms with van der Waals surface area (Å²) in [5.41, 5.74) is 8.32. The SMILES string of the molecule is Cc1cc(Br)c(-n2cc(CCCN)nn2)cc1Cl. The first kappa shape index (κ1) is 13.5. The van der Waals surface area contributed by atoms with E-state index in [0.29, 0.717) is 11.6 Å². The molecule has 96 valence electrons. The lowest BCUT2D eigenvalue weighted by atomic mass is 10.2. The molecule has 4 nitrogen and oxygen atoms in total. The van der Waals surface area contributed by atoms with Crippen molar-refractivity contribution in [3.8, 4) is 5.69 Å². The van der Waals surface area contributed by atoms with Gasteiger partial charge >= 0.3 is 0 Å². The minimum Gasteiger partial charge on any atom is -0.330 e. The summed E-state index contributed by atoms with van der Waals surface area (Å²) in [5, 5.41) is 8.94. The molecule has 0 aliphatic rings. The Labute approximate surface area is 119 Å². The van der Waals surface area contributed by atoms with E-state index in [9.17, 15) is 0 Å². The van der Waals surface area contributed by atoms with Gasteiger partial charge < -0.3 is 5.73 Å². The van der Waals surface area contributed by atoms with Crippen LogP contribution in [0, 0.1) is 6.92 Å². The number of nitrogens with two attached hydrogens (primary N) is 1. The highest BCUT2D eigenvalue weighted by atomic mass is 79.9. The molecule has 0 amide bonds. The van der Waals surface area contributed by atoms with Crippen LogP contribution in [0.3, 0.4) is 0 Å². The fourth-order valence-corrected chi connectivity index (χ4v) is 2.42. The van der Waals surface area contributed by atoms with Gasteiger partial charge in [-0.3, -0.25) is 0 Å². The predicted octanol–water partition coefficient (Wildman–Crippen LogP) is 2.88. The molecule has 0 unspecified atom stereocenters. The van der Waals surface area contributed by atoms with Gasteiger partial charge in [-0.15, -0.1) is 5.10 Å². The summed E-state index contributed by atoms with van der Waals surface area (Å²) in [6.07, 6.45) is 3.66. The molecule has 0 aliphatic heterocycles. The number of nitrogens with zero attached hydrogens (tertiary/aromatic N) is 3. The third-order valence-electron chi connectivity index (χ3n) is 2.65. The summed E-state index contributed by atoms with van der Waals surface area (Å²) in [6, 6.07) is 3.85. The van der Waals surface area contributed by atoms with Crippen molar-refractivity contribution in [2.45, 2.75) is 19.8 Å². The van der Waals surface area contributed by atoms with E-state index in [1.54, 1.807) is 4.68 Å². The summed E-state index contributed by atoms with van der Waals surface area (Å²) < 4.78 is 2.67. The number of aryl methyl sites for hydroxylation is 2. The van der Waals surface area contributed by atoms with Crippen molar-refractivity contribution in [1.29, 1.82) is 0 Å². The number of rotatable bonds is 4. The normalized spacial score (nSPS) is 10.9. The predicted molar refractivity (Wildman–Crippen MR) is 76.2 cm³/mol. The first-order valence-electron chi connectivity index (χ1n) is 5.69. The fraction of sp³-hybridized carbons (Fsp3) is 0.333. The number of halogens is 2. The second-order valence-corrected chi connectivity index (χ2v) is 5.36. The molecule has 1 heterocycles. The standard InChI is InChI=1S/C12H14BrClN4/c1-8-5-10(13)12(6-11(8)14)18-7-9(16-17-18)3-2-4-15/h5-7H,2-4,15H2,1H3. The lowest BCUT2D eigenvalue weighted by Crippen LogP contribution is -2.00. The zero-order valence-electron chi connectivity index (χ0n) is 10.0. The lowest BCUT2D eigenvalue weighted by Gasteiger charge is -2.06. The van der Waals surface area contributed by atoms with E-state index in [2.05, 4.69) is 26.2 Å². The quantitative estimate of drug-likeness (QED) is 0.938. The van der Waals surface area contributed by atoms with E-state index >= 15 is 0 Å². The molecule has 2 aromatic rings. The molecule has 2 rings (SSSR count). The second-order valence-electron chi connectivity index (χ2n) is 4.10. The number of hydrogen-bond acceptors (Lipinski definition) is 3. The van der Waals surface area contributed by atoms with Crippen molar-refractivity contribution in [2.75, 3.05) is 6.54 Å². The summed E-state index contributed by atoms with van der Waals surface area (Å²) in [4.78, 5) is 0. The van der Waals surface area contributed by atoms with Gasteiger partial charge in [0, 0.05) is 9.50 Å². The average molecular weight is 330 g/mol. The summed E-state index contributed by atoms with van der Waals surface area (Å²) >= 11 is 9.64. The fourth-order valence-electron chi connectivity index (χ4n) is 1.63. The highest BCUT2D eigenvalue weighted by Gasteiger charge is 2.08. The Morgan fingerprint density at radius 2 is 2.22 bits per heavy atom. The van der Waals surface area contributed by atoms with Gasteiger partial charge in [0.25, 0.3) is 0 Å². The average Bonchev–Trinajstić information content (AvgIpc) is 2.79. The molecule has 0 spiro atoms. The van der Waals surface area contributed by atoms with Crippen LogP contribution in [0.4, 0.5) is 0 Å². The number of hydrogen-bond donors (Lipinski definition) is 1. The monoisotopic (exact) mass is 328 g/mol. The molecular formula is C12H14BrClN4. The van der Waals surface area contributed by atoms with Crippen molar-refractivity contribution in [3.63, 3.8) is 0 Å². The van der Waals surface area contributed by atoms with Gasteiger partial charge in [0.05, 0.1) is 17.6 Å². The molecule has 0 radical (unpaired) electrons. The zero-order chi connectivity index (χ0) is 13.1. The van der Waals surface area contributed by atoms with Gasteiger partial charge in [-0.2, -0.15) is 0 Å². The Bertz CT molecular complexity index is 553. The van der Waals surface area contributed by atoms with Gasteiger partial charge in [-0.25, -0.2) is 4.68 Å². The van der Waals surface area contributed by atoms with Crippen molar-refractivity contribution in [3.05, 3.63) is 39.1 Å². The molecule has 6 heteroatoms. The van der Waals surface area contributed by atoms with Crippen LogP contribution in [-0.4, -0.2) is 21.5 Å². The third kappa shape index (κ3) is 2.91.